The van der Waals surface area contributed by atoms with Crippen LogP contribution in [0.2, 0.25) is 0 Å². The second kappa shape index (κ2) is 8.52. The number of hydrogen-bond donors (Lipinski definition) is 1. The molecule has 30 heavy (non-hydrogen) atoms. The zero-order chi connectivity index (χ0) is 21.8. The third-order valence-electron chi connectivity index (χ3n) is 4.22. The Kier molecular flexibility index (Phi) is 5.86. The molecule has 156 valence electrons. The SMILES string of the molecule is CCOC(=O)c1c(O)n(-c2ccc(OCC)cc2)c(=O)n1-c1ccccc1[N+](=O)[O-]. The molecule has 0 saturated carbocycles. The first-order valence-corrected chi connectivity index (χ1v) is 9.11. The number of aromatic hydroxyl groups is 1. The van der Waals surface area contributed by atoms with Gasteiger partial charge < -0.3 is 14.6 Å². The van der Waals surface area contributed by atoms with Crippen LogP contribution in [0.3, 0.4) is 0 Å². The minimum Gasteiger partial charge on any atom is -0.494 e. The summed E-state index contributed by atoms with van der Waals surface area (Å²) in [7, 11) is 0. The fourth-order valence-corrected chi connectivity index (χ4v) is 3.00. The molecule has 0 atom stereocenters. The maximum Gasteiger partial charge on any atom is 0.361 e. The number of carbonyl (C=O) groups is 1. The maximum absolute atomic E-state index is 13.2. The van der Waals surface area contributed by atoms with Gasteiger partial charge in [0.15, 0.2) is 5.69 Å². The van der Waals surface area contributed by atoms with Crippen LogP contribution >= 0.6 is 0 Å². The molecule has 2 aromatic carbocycles. The molecule has 0 fully saturated rings. The Morgan fingerprint density at radius 1 is 1.07 bits per heavy atom. The first kappa shape index (κ1) is 20.6. The zero-order valence-corrected chi connectivity index (χ0v) is 16.3. The molecule has 3 aromatic rings. The van der Waals surface area contributed by atoms with E-state index in [2.05, 4.69) is 0 Å². The van der Waals surface area contributed by atoms with E-state index >= 15 is 0 Å². The molecule has 10 nitrogen and oxygen atoms in total. The van der Waals surface area contributed by atoms with Gasteiger partial charge in [-0.25, -0.2) is 18.7 Å². The van der Waals surface area contributed by atoms with Gasteiger partial charge in [0.25, 0.3) is 5.69 Å². The number of para-hydroxylation sites is 2. The number of benzene rings is 2. The molecule has 0 spiro atoms. The number of nitro groups is 1. The van der Waals surface area contributed by atoms with Gasteiger partial charge in [-0.1, -0.05) is 12.1 Å². The van der Waals surface area contributed by atoms with Crippen molar-refractivity contribution < 1.29 is 24.3 Å². The van der Waals surface area contributed by atoms with Crippen LogP contribution in [0.25, 0.3) is 11.4 Å². The number of ether oxygens (including phenoxy) is 2. The summed E-state index contributed by atoms with van der Waals surface area (Å²) in [5, 5.41) is 22.2. The molecule has 1 aromatic heterocycles. The number of hydrogen-bond acceptors (Lipinski definition) is 7. The standard InChI is InChI=1S/C20H19N3O7/c1-3-29-14-11-9-13(10-12-14)21-18(24)17(19(25)30-4-2)22(20(21)26)15-7-5-6-8-16(15)23(27)28/h5-12,24H,3-4H2,1-2H3. The van der Waals surface area contributed by atoms with Crippen LogP contribution in [-0.4, -0.2) is 38.3 Å². The summed E-state index contributed by atoms with van der Waals surface area (Å²) < 4.78 is 12.0. The van der Waals surface area contributed by atoms with Crippen molar-refractivity contribution in [3.8, 4) is 23.0 Å². The van der Waals surface area contributed by atoms with Crippen molar-refractivity contribution in [1.82, 2.24) is 9.13 Å². The summed E-state index contributed by atoms with van der Waals surface area (Å²) >= 11 is 0. The summed E-state index contributed by atoms with van der Waals surface area (Å²) in [6.07, 6.45) is 0. The van der Waals surface area contributed by atoms with Gasteiger partial charge in [0.05, 0.1) is 23.8 Å². The van der Waals surface area contributed by atoms with Gasteiger partial charge in [0.1, 0.15) is 11.4 Å². The molecule has 0 aliphatic heterocycles. The third-order valence-corrected chi connectivity index (χ3v) is 4.22. The smallest absolute Gasteiger partial charge is 0.361 e. The number of aromatic nitrogens is 2. The number of carbonyl (C=O) groups excluding carboxylic acids is 1. The molecule has 0 unspecified atom stereocenters. The van der Waals surface area contributed by atoms with E-state index in [1.165, 1.54) is 36.4 Å². The fraction of sp³-hybridized carbons (Fsp3) is 0.200. The molecule has 0 radical (unpaired) electrons. The Balaban J connectivity index is 2.30. The van der Waals surface area contributed by atoms with E-state index in [1.54, 1.807) is 19.1 Å². The average Bonchev–Trinajstić information content (AvgIpc) is 2.99. The minimum absolute atomic E-state index is 0.0163. The molecular formula is C20H19N3O7. The normalized spacial score (nSPS) is 10.6. The van der Waals surface area contributed by atoms with Gasteiger partial charge in [-0.2, -0.15) is 0 Å². The molecule has 3 rings (SSSR count). The van der Waals surface area contributed by atoms with Crippen molar-refractivity contribution in [1.29, 1.82) is 0 Å². The molecule has 1 heterocycles. The van der Waals surface area contributed by atoms with Crippen molar-refractivity contribution in [2.45, 2.75) is 13.8 Å². The van der Waals surface area contributed by atoms with E-state index < -0.39 is 33.8 Å². The van der Waals surface area contributed by atoms with Crippen LogP contribution in [0.1, 0.15) is 24.3 Å². The lowest BCUT2D eigenvalue weighted by molar-refractivity contribution is -0.384. The van der Waals surface area contributed by atoms with Crippen LogP contribution < -0.4 is 10.4 Å². The van der Waals surface area contributed by atoms with Gasteiger partial charge in [-0.05, 0) is 44.2 Å². The first-order valence-electron chi connectivity index (χ1n) is 9.11. The third kappa shape index (κ3) is 3.62. The fourth-order valence-electron chi connectivity index (χ4n) is 3.00. The predicted octanol–water partition coefficient (Wildman–Crippen LogP) is 2.82. The Bertz CT molecular complexity index is 1150. The number of nitro benzene ring substituents is 1. The van der Waals surface area contributed by atoms with Crippen LogP contribution in [0.4, 0.5) is 5.69 Å². The average molecular weight is 413 g/mol. The van der Waals surface area contributed by atoms with Gasteiger partial charge in [0.2, 0.25) is 5.88 Å². The van der Waals surface area contributed by atoms with Crippen molar-refractivity contribution in [2.24, 2.45) is 0 Å². The first-order chi connectivity index (χ1) is 14.4. The van der Waals surface area contributed by atoms with Crippen molar-refractivity contribution in [3.63, 3.8) is 0 Å². The molecule has 0 bridgehead atoms. The van der Waals surface area contributed by atoms with E-state index in [-0.39, 0.29) is 18.0 Å². The lowest BCUT2D eigenvalue weighted by atomic mass is 10.2. The largest absolute Gasteiger partial charge is 0.494 e. The summed E-state index contributed by atoms with van der Waals surface area (Å²) in [6, 6.07) is 11.6. The monoisotopic (exact) mass is 413 g/mol. The Hall–Kier alpha value is -4.08. The zero-order valence-electron chi connectivity index (χ0n) is 16.3. The van der Waals surface area contributed by atoms with Crippen LogP contribution in [-0.2, 0) is 4.74 Å². The molecule has 10 heteroatoms. The number of imidazole rings is 1. The summed E-state index contributed by atoms with van der Waals surface area (Å²) in [5.41, 5.74) is -1.72. The molecule has 0 saturated heterocycles. The second-order valence-corrected chi connectivity index (χ2v) is 6.02. The highest BCUT2D eigenvalue weighted by atomic mass is 16.6. The van der Waals surface area contributed by atoms with Gasteiger partial charge in [-0.3, -0.25) is 10.1 Å². The van der Waals surface area contributed by atoms with E-state index in [0.717, 1.165) is 9.13 Å². The van der Waals surface area contributed by atoms with E-state index in [4.69, 9.17) is 9.47 Å². The Morgan fingerprint density at radius 2 is 1.73 bits per heavy atom. The van der Waals surface area contributed by atoms with Crippen LogP contribution in [0.15, 0.2) is 53.3 Å². The van der Waals surface area contributed by atoms with Crippen LogP contribution in [0.5, 0.6) is 11.6 Å². The maximum atomic E-state index is 13.2. The topological polar surface area (TPSA) is 126 Å². The molecule has 0 amide bonds. The lowest BCUT2D eigenvalue weighted by Gasteiger charge is -2.07. The van der Waals surface area contributed by atoms with Gasteiger partial charge >= 0.3 is 11.7 Å². The van der Waals surface area contributed by atoms with Crippen molar-refractivity contribution in [2.75, 3.05) is 13.2 Å². The predicted molar refractivity (Wildman–Crippen MR) is 107 cm³/mol. The van der Waals surface area contributed by atoms with Crippen molar-refractivity contribution in [3.05, 3.63) is 74.8 Å². The van der Waals surface area contributed by atoms with E-state index in [1.807, 2.05) is 6.92 Å². The minimum atomic E-state index is -0.991. The van der Waals surface area contributed by atoms with E-state index in [0.29, 0.717) is 12.4 Å². The summed E-state index contributed by atoms with van der Waals surface area (Å²) in [6.45, 7) is 3.82. The molecular weight excluding hydrogens is 394 g/mol. The molecule has 0 aliphatic rings. The van der Waals surface area contributed by atoms with Gasteiger partial charge in [0, 0.05) is 6.07 Å². The Labute approximate surface area is 170 Å². The number of rotatable bonds is 7. The highest BCUT2D eigenvalue weighted by Crippen LogP contribution is 2.29. The quantitative estimate of drug-likeness (QED) is 0.358. The van der Waals surface area contributed by atoms with E-state index in [9.17, 15) is 24.8 Å². The Morgan fingerprint density at radius 3 is 2.33 bits per heavy atom. The highest BCUT2D eigenvalue weighted by molar-refractivity contribution is 5.91. The summed E-state index contributed by atoms with van der Waals surface area (Å²) in [4.78, 5) is 36.5. The van der Waals surface area contributed by atoms with Gasteiger partial charge in [-0.15, -0.1) is 0 Å². The molecule has 1 N–H and O–H groups in total. The van der Waals surface area contributed by atoms with Crippen molar-refractivity contribution >= 4 is 11.7 Å². The number of nitrogens with zero attached hydrogens (tertiary/aromatic N) is 3. The lowest BCUT2D eigenvalue weighted by Crippen LogP contribution is -2.25. The number of esters is 1. The highest BCUT2D eigenvalue weighted by Gasteiger charge is 2.31. The van der Waals surface area contributed by atoms with Crippen LogP contribution in [0, 0.1) is 10.1 Å². The molecule has 0 aliphatic carbocycles. The second-order valence-electron chi connectivity index (χ2n) is 6.02. The summed E-state index contributed by atoms with van der Waals surface area (Å²) in [5.74, 6) is -1.13.